The van der Waals surface area contributed by atoms with Crippen molar-refractivity contribution < 1.29 is 4.79 Å². The Morgan fingerprint density at radius 3 is 2.89 bits per heavy atom. The Bertz CT molecular complexity index is 605. The predicted octanol–water partition coefficient (Wildman–Crippen LogP) is 2.56. The molecule has 2 bridgehead atoms. The van der Waals surface area contributed by atoms with Gasteiger partial charge in [-0.1, -0.05) is 36.4 Å². The van der Waals surface area contributed by atoms with Crippen molar-refractivity contribution in [3.8, 4) is 0 Å². The lowest BCUT2D eigenvalue weighted by atomic mass is 9.78. The molecule has 2 heteroatoms. The summed E-state index contributed by atoms with van der Waals surface area (Å²) in [5.74, 6) is 2.43. The molecule has 2 aliphatic carbocycles. The molecule has 0 unspecified atom stereocenters. The van der Waals surface area contributed by atoms with Gasteiger partial charge in [0.05, 0.1) is 12.0 Å². The minimum atomic E-state index is 0.283. The van der Waals surface area contributed by atoms with Crippen molar-refractivity contribution in [1.29, 1.82) is 0 Å². The molecule has 2 fully saturated rings. The first-order valence-corrected chi connectivity index (χ1v) is 7.41. The van der Waals surface area contributed by atoms with Crippen LogP contribution in [-0.2, 0) is 11.2 Å². The average molecular weight is 251 g/mol. The zero-order valence-corrected chi connectivity index (χ0v) is 10.8. The Morgan fingerprint density at radius 2 is 1.95 bits per heavy atom. The number of hydrogen-bond acceptors (Lipinski definition) is 1. The third kappa shape index (κ3) is 1.11. The Balaban J connectivity index is 1.69. The molecule has 0 radical (unpaired) electrons. The van der Waals surface area contributed by atoms with Crippen molar-refractivity contribution in [3.05, 3.63) is 47.5 Å². The molecule has 5 rings (SSSR count). The molecular weight excluding hydrogens is 234 g/mol. The molecular formula is C17H17NO. The van der Waals surface area contributed by atoms with Crippen LogP contribution < -0.4 is 0 Å². The van der Waals surface area contributed by atoms with Gasteiger partial charge < -0.3 is 4.90 Å². The molecule has 0 aromatic heterocycles. The van der Waals surface area contributed by atoms with Crippen LogP contribution in [0.15, 0.2) is 36.4 Å². The molecule has 96 valence electrons. The van der Waals surface area contributed by atoms with Crippen molar-refractivity contribution >= 4 is 5.91 Å². The highest BCUT2D eigenvalue weighted by Crippen LogP contribution is 2.60. The van der Waals surface area contributed by atoms with Gasteiger partial charge in [-0.15, -0.1) is 0 Å². The van der Waals surface area contributed by atoms with E-state index < -0.39 is 0 Å². The summed E-state index contributed by atoms with van der Waals surface area (Å²) in [6.07, 6.45) is 6.92. The van der Waals surface area contributed by atoms with Crippen molar-refractivity contribution in [2.75, 3.05) is 6.54 Å². The Kier molecular flexibility index (Phi) is 1.78. The molecule has 1 aromatic carbocycles. The average Bonchev–Trinajstić information content (AvgIpc) is 3.12. The summed E-state index contributed by atoms with van der Waals surface area (Å²) in [6, 6.07) is 9.11. The number of fused-ring (bicyclic) bond motifs is 9. The second kappa shape index (κ2) is 3.30. The van der Waals surface area contributed by atoms with Crippen LogP contribution >= 0.6 is 0 Å². The van der Waals surface area contributed by atoms with Crippen LogP contribution in [0.25, 0.3) is 0 Å². The van der Waals surface area contributed by atoms with Gasteiger partial charge in [0.25, 0.3) is 0 Å². The minimum absolute atomic E-state index is 0.283. The Morgan fingerprint density at radius 1 is 1.11 bits per heavy atom. The summed E-state index contributed by atoms with van der Waals surface area (Å²) in [5, 5.41) is 0. The van der Waals surface area contributed by atoms with Crippen LogP contribution in [0, 0.1) is 23.7 Å². The predicted molar refractivity (Wildman–Crippen MR) is 72.3 cm³/mol. The summed E-state index contributed by atoms with van der Waals surface area (Å²) in [5.41, 5.74) is 2.89. The zero-order chi connectivity index (χ0) is 12.6. The van der Waals surface area contributed by atoms with Gasteiger partial charge in [0, 0.05) is 12.5 Å². The topological polar surface area (TPSA) is 20.3 Å². The van der Waals surface area contributed by atoms with Gasteiger partial charge in [0.1, 0.15) is 0 Å². The van der Waals surface area contributed by atoms with Gasteiger partial charge in [0.15, 0.2) is 0 Å². The van der Waals surface area contributed by atoms with E-state index in [0.29, 0.717) is 29.7 Å². The van der Waals surface area contributed by atoms with Crippen LogP contribution in [0.4, 0.5) is 0 Å². The quantitative estimate of drug-likeness (QED) is 0.649. The normalized spacial score (nSPS) is 41.4. The first-order chi connectivity index (χ1) is 9.34. The van der Waals surface area contributed by atoms with E-state index >= 15 is 0 Å². The summed E-state index contributed by atoms with van der Waals surface area (Å²) < 4.78 is 0. The van der Waals surface area contributed by atoms with Gasteiger partial charge in [-0.3, -0.25) is 4.79 Å². The lowest BCUT2D eigenvalue weighted by molar-refractivity contribution is -0.133. The maximum atomic E-state index is 12.7. The van der Waals surface area contributed by atoms with Crippen molar-refractivity contribution in [2.45, 2.75) is 18.9 Å². The standard InChI is InChI=1S/C17H17NO/c19-17-15-12-6-5-11(9-12)14(15)16-13-4-2-1-3-10(13)7-8-18(16)17/h1-6,11-12,14-16H,7-9H2/t11-,12+,14-,15+,16+/m1/s1. The molecule has 0 spiro atoms. The molecule has 1 saturated heterocycles. The number of carbonyl (C=O) groups is 1. The van der Waals surface area contributed by atoms with Gasteiger partial charge in [-0.2, -0.15) is 0 Å². The van der Waals surface area contributed by atoms with E-state index in [9.17, 15) is 4.79 Å². The third-order valence-electron chi connectivity index (χ3n) is 5.78. The maximum absolute atomic E-state index is 12.7. The van der Waals surface area contributed by atoms with Crippen molar-refractivity contribution in [2.24, 2.45) is 23.7 Å². The maximum Gasteiger partial charge on any atom is 0.227 e. The fraction of sp³-hybridized carbons (Fsp3) is 0.471. The van der Waals surface area contributed by atoms with Crippen molar-refractivity contribution in [3.63, 3.8) is 0 Å². The number of hydrogen-bond donors (Lipinski definition) is 0. The fourth-order valence-corrected chi connectivity index (χ4v) is 5.09. The number of amides is 1. The summed E-state index contributed by atoms with van der Waals surface area (Å²) >= 11 is 0. The van der Waals surface area contributed by atoms with Gasteiger partial charge in [-0.25, -0.2) is 0 Å². The number of carbonyl (C=O) groups excluding carboxylic acids is 1. The molecule has 1 amide bonds. The first-order valence-electron chi connectivity index (χ1n) is 7.41. The van der Waals surface area contributed by atoms with Crippen LogP contribution in [0.5, 0.6) is 0 Å². The minimum Gasteiger partial charge on any atom is -0.335 e. The molecule has 2 aliphatic heterocycles. The second-order valence-electron chi connectivity index (χ2n) is 6.48. The highest BCUT2D eigenvalue weighted by molar-refractivity contribution is 5.84. The molecule has 4 aliphatic rings. The second-order valence-corrected chi connectivity index (χ2v) is 6.48. The van der Waals surface area contributed by atoms with Crippen LogP contribution in [0.1, 0.15) is 23.6 Å². The van der Waals surface area contributed by atoms with E-state index in [4.69, 9.17) is 0 Å². The largest absolute Gasteiger partial charge is 0.335 e. The number of benzene rings is 1. The lowest BCUT2D eigenvalue weighted by Gasteiger charge is -2.35. The SMILES string of the molecule is O=C1[C@@H]2[C@@H]([C@@H]3C=C[C@H]2C3)[C@@H]2c3ccccc3CCN12. The monoisotopic (exact) mass is 251 g/mol. The van der Waals surface area contributed by atoms with Crippen LogP contribution in [0.2, 0.25) is 0 Å². The molecule has 1 aromatic rings. The van der Waals surface area contributed by atoms with Gasteiger partial charge in [-0.05, 0) is 35.8 Å². The van der Waals surface area contributed by atoms with E-state index in [2.05, 4.69) is 41.3 Å². The van der Waals surface area contributed by atoms with E-state index in [1.165, 1.54) is 17.5 Å². The van der Waals surface area contributed by atoms with E-state index in [-0.39, 0.29) is 5.92 Å². The summed E-state index contributed by atoms with van der Waals surface area (Å²) in [4.78, 5) is 14.9. The summed E-state index contributed by atoms with van der Waals surface area (Å²) in [7, 11) is 0. The van der Waals surface area contributed by atoms with Crippen molar-refractivity contribution in [1.82, 2.24) is 4.90 Å². The third-order valence-corrected chi connectivity index (χ3v) is 5.78. The van der Waals surface area contributed by atoms with Crippen LogP contribution in [-0.4, -0.2) is 17.4 Å². The highest BCUT2D eigenvalue weighted by Gasteiger charge is 2.59. The van der Waals surface area contributed by atoms with Gasteiger partial charge >= 0.3 is 0 Å². The molecule has 5 atom stereocenters. The number of rotatable bonds is 0. The Hall–Kier alpha value is -1.57. The molecule has 2 nitrogen and oxygen atoms in total. The molecule has 2 heterocycles. The number of nitrogens with zero attached hydrogens (tertiary/aromatic N) is 1. The molecule has 1 saturated carbocycles. The lowest BCUT2D eigenvalue weighted by Crippen LogP contribution is -2.36. The smallest absolute Gasteiger partial charge is 0.227 e. The zero-order valence-electron chi connectivity index (χ0n) is 10.8. The van der Waals surface area contributed by atoms with E-state index in [1.807, 2.05) is 0 Å². The number of allylic oxidation sites excluding steroid dienone is 2. The van der Waals surface area contributed by atoms with Crippen LogP contribution in [0.3, 0.4) is 0 Å². The summed E-state index contributed by atoms with van der Waals surface area (Å²) in [6.45, 7) is 0.924. The molecule has 19 heavy (non-hydrogen) atoms. The van der Waals surface area contributed by atoms with E-state index in [1.54, 1.807) is 0 Å². The molecule has 0 N–H and O–H groups in total. The first kappa shape index (κ1) is 10.2. The van der Waals surface area contributed by atoms with Gasteiger partial charge in [0.2, 0.25) is 5.91 Å². The van der Waals surface area contributed by atoms with E-state index in [0.717, 1.165) is 13.0 Å². The Labute approximate surface area is 113 Å². The fourth-order valence-electron chi connectivity index (χ4n) is 5.09. The highest BCUT2D eigenvalue weighted by atomic mass is 16.2.